The number of hydrogen-bond donors (Lipinski definition) is 2. The van der Waals surface area contributed by atoms with Gasteiger partial charge in [-0.3, -0.25) is 10.1 Å². The summed E-state index contributed by atoms with van der Waals surface area (Å²) in [7, 11) is 0. The fraction of sp³-hybridized carbons (Fsp3) is 0. The SMILES string of the molecule is O=C(NC(=S)Nc1ccc2oc(-c3cc(F)c(F)cc3Cl)nc2c1)c1cccc(Cl)c1Cl. The largest absolute Gasteiger partial charge is 0.436 e. The first-order chi connectivity index (χ1) is 15.2. The number of carbonyl (C=O) groups excluding carboxylic acids is 1. The van der Waals surface area contributed by atoms with E-state index in [1.165, 1.54) is 6.07 Å². The van der Waals surface area contributed by atoms with Crippen LogP contribution in [0.3, 0.4) is 0 Å². The van der Waals surface area contributed by atoms with Crippen molar-refractivity contribution in [1.29, 1.82) is 0 Å². The maximum absolute atomic E-state index is 13.6. The molecule has 0 radical (unpaired) electrons. The van der Waals surface area contributed by atoms with Crippen LogP contribution in [0.25, 0.3) is 22.6 Å². The van der Waals surface area contributed by atoms with Crippen LogP contribution in [0.15, 0.2) is 52.9 Å². The van der Waals surface area contributed by atoms with Gasteiger partial charge < -0.3 is 9.73 Å². The summed E-state index contributed by atoms with van der Waals surface area (Å²) in [5.41, 5.74) is 1.56. The standard InChI is InChI=1S/C21H10Cl3F2N3O2S/c22-12-3-1-2-10(18(12)24)19(30)29-21(32)27-9-4-5-17-16(6-9)28-20(31-17)11-7-14(25)15(26)8-13(11)23/h1-8H,(H2,27,29,30,32). The minimum Gasteiger partial charge on any atom is -0.436 e. The molecule has 0 aliphatic rings. The molecule has 162 valence electrons. The molecule has 1 heterocycles. The molecule has 1 aromatic heterocycles. The minimum atomic E-state index is -1.07. The molecule has 2 N–H and O–H groups in total. The average Bonchev–Trinajstić information content (AvgIpc) is 3.15. The molecule has 0 bridgehead atoms. The summed E-state index contributed by atoms with van der Waals surface area (Å²) in [5, 5.41) is 5.69. The van der Waals surface area contributed by atoms with Crippen molar-refractivity contribution in [3.8, 4) is 11.5 Å². The summed E-state index contributed by atoms with van der Waals surface area (Å²) in [4.78, 5) is 16.7. The van der Waals surface area contributed by atoms with E-state index in [0.29, 0.717) is 16.8 Å². The second-order valence-corrected chi connectivity index (χ2v) is 8.06. The molecule has 1 amide bonds. The number of thiocarbonyl (C=S) groups is 1. The monoisotopic (exact) mass is 511 g/mol. The van der Waals surface area contributed by atoms with Crippen molar-refractivity contribution in [2.45, 2.75) is 0 Å². The van der Waals surface area contributed by atoms with E-state index in [2.05, 4.69) is 15.6 Å². The molecule has 4 rings (SSSR count). The molecule has 0 atom stereocenters. The predicted molar refractivity (Wildman–Crippen MR) is 125 cm³/mol. The number of nitrogens with zero attached hydrogens (tertiary/aromatic N) is 1. The number of nitrogens with one attached hydrogen (secondary N) is 2. The number of anilines is 1. The molecule has 0 fully saturated rings. The van der Waals surface area contributed by atoms with Crippen molar-refractivity contribution in [2.75, 3.05) is 5.32 Å². The fourth-order valence-corrected chi connectivity index (χ4v) is 3.65. The van der Waals surface area contributed by atoms with E-state index in [9.17, 15) is 13.6 Å². The lowest BCUT2D eigenvalue weighted by Crippen LogP contribution is -2.34. The molecule has 0 spiro atoms. The minimum absolute atomic E-state index is 0.0118. The highest BCUT2D eigenvalue weighted by Gasteiger charge is 2.17. The van der Waals surface area contributed by atoms with E-state index in [0.717, 1.165) is 12.1 Å². The molecule has 4 aromatic rings. The maximum atomic E-state index is 13.6. The number of fused-ring (bicyclic) bond motifs is 1. The Balaban J connectivity index is 1.53. The molecule has 0 saturated heterocycles. The van der Waals surface area contributed by atoms with Gasteiger partial charge in [0.15, 0.2) is 22.3 Å². The first-order valence-electron chi connectivity index (χ1n) is 8.85. The predicted octanol–water partition coefficient (Wildman–Crippen LogP) is 6.86. The molecule has 11 heteroatoms. The van der Waals surface area contributed by atoms with Gasteiger partial charge in [-0.15, -0.1) is 0 Å². The lowest BCUT2D eigenvalue weighted by atomic mass is 10.2. The van der Waals surface area contributed by atoms with Crippen LogP contribution in [0.1, 0.15) is 10.4 Å². The van der Waals surface area contributed by atoms with Crippen molar-refractivity contribution >= 4 is 74.8 Å². The molecule has 0 unspecified atom stereocenters. The van der Waals surface area contributed by atoms with E-state index in [4.69, 9.17) is 51.4 Å². The maximum Gasteiger partial charge on any atom is 0.258 e. The van der Waals surface area contributed by atoms with Gasteiger partial charge in [0, 0.05) is 5.69 Å². The van der Waals surface area contributed by atoms with Crippen molar-refractivity contribution in [3.63, 3.8) is 0 Å². The molecule has 0 saturated carbocycles. The molecule has 3 aromatic carbocycles. The molecular formula is C21H10Cl3F2N3O2S. The number of carbonyl (C=O) groups is 1. The third kappa shape index (κ3) is 4.54. The van der Waals surface area contributed by atoms with Crippen LogP contribution in [0.4, 0.5) is 14.5 Å². The smallest absolute Gasteiger partial charge is 0.258 e. The second kappa shape index (κ2) is 8.99. The number of benzene rings is 3. The highest BCUT2D eigenvalue weighted by molar-refractivity contribution is 7.80. The number of aromatic nitrogens is 1. The number of rotatable bonds is 3. The van der Waals surface area contributed by atoms with Crippen molar-refractivity contribution in [3.05, 3.63) is 80.8 Å². The Kier molecular flexibility index (Phi) is 6.30. The van der Waals surface area contributed by atoms with Crippen molar-refractivity contribution < 1.29 is 18.0 Å². The Labute approximate surface area is 200 Å². The number of hydrogen-bond acceptors (Lipinski definition) is 4. The van der Waals surface area contributed by atoms with Crippen molar-refractivity contribution in [1.82, 2.24) is 10.3 Å². The lowest BCUT2D eigenvalue weighted by Gasteiger charge is -2.10. The van der Waals surface area contributed by atoms with Gasteiger partial charge >= 0.3 is 0 Å². The summed E-state index contributed by atoms with van der Waals surface area (Å²) in [6.07, 6.45) is 0. The van der Waals surface area contributed by atoms with Gasteiger partial charge in [0.1, 0.15) is 5.52 Å². The van der Waals surface area contributed by atoms with Gasteiger partial charge in [-0.05, 0) is 54.7 Å². The normalized spacial score (nSPS) is 10.9. The zero-order chi connectivity index (χ0) is 23.0. The van der Waals surface area contributed by atoms with Crippen LogP contribution >= 0.6 is 47.0 Å². The Bertz CT molecular complexity index is 1390. The van der Waals surface area contributed by atoms with Gasteiger partial charge in [0.25, 0.3) is 5.91 Å². The first kappa shape index (κ1) is 22.4. The van der Waals surface area contributed by atoms with E-state index in [1.54, 1.807) is 30.3 Å². The van der Waals surface area contributed by atoms with Crippen LogP contribution in [0.2, 0.25) is 15.1 Å². The number of amides is 1. The van der Waals surface area contributed by atoms with Crippen LogP contribution in [-0.4, -0.2) is 16.0 Å². The molecule has 32 heavy (non-hydrogen) atoms. The van der Waals surface area contributed by atoms with E-state index in [1.807, 2.05) is 0 Å². The number of oxazole rings is 1. The zero-order valence-corrected chi connectivity index (χ0v) is 18.8. The van der Waals surface area contributed by atoms with E-state index >= 15 is 0 Å². The van der Waals surface area contributed by atoms with Gasteiger partial charge in [0.2, 0.25) is 5.89 Å². The third-order valence-corrected chi connectivity index (χ3v) is 5.64. The summed E-state index contributed by atoms with van der Waals surface area (Å²) in [6, 6.07) is 11.3. The van der Waals surface area contributed by atoms with Gasteiger partial charge in [-0.1, -0.05) is 40.9 Å². The van der Waals surface area contributed by atoms with Gasteiger partial charge in [-0.25, -0.2) is 13.8 Å². The van der Waals surface area contributed by atoms with Crippen LogP contribution < -0.4 is 10.6 Å². The molecule has 5 nitrogen and oxygen atoms in total. The lowest BCUT2D eigenvalue weighted by molar-refractivity contribution is 0.0978. The zero-order valence-electron chi connectivity index (χ0n) is 15.7. The Morgan fingerprint density at radius 3 is 2.53 bits per heavy atom. The topological polar surface area (TPSA) is 67.2 Å². The Morgan fingerprint density at radius 2 is 1.75 bits per heavy atom. The van der Waals surface area contributed by atoms with Crippen molar-refractivity contribution in [2.24, 2.45) is 0 Å². The van der Waals surface area contributed by atoms with Crippen LogP contribution in [0.5, 0.6) is 0 Å². The van der Waals surface area contributed by atoms with Crippen LogP contribution in [-0.2, 0) is 0 Å². The number of halogens is 5. The Morgan fingerprint density at radius 1 is 1.00 bits per heavy atom. The van der Waals surface area contributed by atoms with E-state index in [-0.39, 0.29) is 37.2 Å². The summed E-state index contributed by atoms with van der Waals surface area (Å²) in [6.45, 7) is 0. The van der Waals surface area contributed by atoms with E-state index < -0.39 is 17.5 Å². The summed E-state index contributed by atoms with van der Waals surface area (Å²) >= 11 is 23.1. The fourth-order valence-electron chi connectivity index (χ4n) is 2.82. The average molecular weight is 513 g/mol. The quantitative estimate of drug-likeness (QED) is 0.232. The molecule has 0 aliphatic heterocycles. The summed E-state index contributed by atoms with van der Waals surface area (Å²) < 4.78 is 32.5. The molecular weight excluding hydrogens is 503 g/mol. The summed E-state index contributed by atoms with van der Waals surface area (Å²) in [5.74, 6) is -2.66. The van der Waals surface area contributed by atoms with Gasteiger partial charge in [-0.2, -0.15) is 0 Å². The van der Waals surface area contributed by atoms with Crippen LogP contribution in [0, 0.1) is 11.6 Å². The Hall–Kier alpha value is -2.78. The third-order valence-electron chi connectivity index (χ3n) is 4.31. The first-order valence-corrected chi connectivity index (χ1v) is 10.4. The van der Waals surface area contributed by atoms with Gasteiger partial charge in [0.05, 0.1) is 26.2 Å². The highest BCUT2D eigenvalue weighted by atomic mass is 35.5. The highest BCUT2D eigenvalue weighted by Crippen LogP contribution is 2.32. The second-order valence-electron chi connectivity index (χ2n) is 6.46. The molecule has 0 aliphatic carbocycles.